The van der Waals surface area contributed by atoms with Crippen molar-refractivity contribution in [1.82, 2.24) is 0 Å². The first-order chi connectivity index (χ1) is 18.5. The Balaban J connectivity index is 2.54. The molecule has 0 bridgehead atoms. The Labute approximate surface area is 240 Å². The van der Waals surface area contributed by atoms with Crippen LogP contribution in [0.2, 0.25) is 0 Å². The van der Waals surface area contributed by atoms with E-state index < -0.39 is 10.8 Å². The maximum absolute atomic E-state index is 13.1. The third-order valence-electron chi connectivity index (χ3n) is 6.16. The van der Waals surface area contributed by atoms with Crippen molar-refractivity contribution in [3.63, 3.8) is 0 Å². The molecule has 0 saturated heterocycles. The summed E-state index contributed by atoms with van der Waals surface area (Å²) >= 11 is 0. The quantitative estimate of drug-likeness (QED) is 0.128. The average Bonchev–Trinajstić information content (AvgIpc) is 2.85. The van der Waals surface area contributed by atoms with Crippen LogP contribution in [-0.4, -0.2) is 24.3 Å². The first-order valence-corrected chi connectivity index (χ1v) is 14.1. The summed E-state index contributed by atoms with van der Waals surface area (Å²) in [5, 5.41) is 0. The monoisotopic (exact) mass is 550 g/mol. The second-order valence-corrected chi connectivity index (χ2v) is 12.8. The Hall–Kier alpha value is -3.41. The maximum atomic E-state index is 13.1. The van der Waals surface area contributed by atoms with Crippen LogP contribution >= 0.6 is 0 Å². The average molecular weight is 551 g/mol. The van der Waals surface area contributed by atoms with Crippen molar-refractivity contribution in [1.29, 1.82) is 0 Å². The molecular formula is C34H46O6. The molecule has 218 valence electrons. The fraction of sp³-hybridized carbons (Fsp3) is 0.500. The van der Waals surface area contributed by atoms with Crippen molar-refractivity contribution in [2.75, 3.05) is 6.61 Å². The lowest BCUT2D eigenvalue weighted by atomic mass is 9.89. The van der Waals surface area contributed by atoms with Crippen LogP contribution < -0.4 is 14.2 Å². The molecular weight excluding hydrogens is 504 g/mol. The molecule has 0 aliphatic heterocycles. The summed E-state index contributed by atoms with van der Waals surface area (Å²) in [6.07, 6.45) is 4.07. The molecule has 0 fully saturated rings. The van der Waals surface area contributed by atoms with Gasteiger partial charge in [0.2, 0.25) is 0 Å². The molecule has 0 radical (unpaired) electrons. The topological polar surface area (TPSA) is 78.9 Å². The highest BCUT2D eigenvalue weighted by Crippen LogP contribution is 2.44. The molecule has 6 heteroatoms. The molecule has 0 heterocycles. The van der Waals surface area contributed by atoms with Gasteiger partial charge in [-0.05, 0) is 108 Å². The third-order valence-corrected chi connectivity index (χ3v) is 6.16. The van der Waals surface area contributed by atoms with Crippen LogP contribution in [0.15, 0.2) is 36.4 Å². The molecule has 0 spiro atoms. The van der Waals surface area contributed by atoms with E-state index in [0.29, 0.717) is 29.4 Å². The van der Waals surface area contributed by atoms with Crippen molar-refractivity contribution in [3.05, 3.63) is 58.7 Å². The zero-order valence-electron chi connectivity index (χ0n) is 26.1. The van der Waals surface area contributed by atoms with E-state index in [-0.39, 0.29) is 29.6 Å². The summed E-state index contributed by atoms with van der Waals surface area (Å²) in [6.45, 7) is 21.5. The van der Waals surface area contributed by atoms with Crippen molar-refractivity contribution in [2.45, 2.75) is 94.4 Å². The highest BCUT2D eigenvalue weighted by atomic mass is 16.5. The molecule has 0 N–H and O–H groups in total. The number of ether oxygens (including phenoxy) is 3. The number of rotatable bonds is 10. The summed E-state index contributed by atoms with van der Waals surface area (Å²) in [5.74, 6) is 0.754. The number of carbonyl (C=O) groups is 3. The van der Waals surface area contributed by atoms with Crippen molar-refractivity contribution in [3.8, 4) is 17.2 Å². The van der Waals surface area contributed by atoms with Gasteiger partial charge in [0.15, 0.2) is 5.78 Å². The van der Waals surface area contributed by atoms with E-state index in [4.69, 9.17) is 14.2 Å². The van der Waals surface area contributed by atoms with E-state index in [1.165, 1.54) is 6.08 Å². The number of allylic oxidation sites excluding steroid dienone is 1. The van der Waals surface area contributed by atoms with E-state index >= 15 is 0 Å². The molecule has 2 aromatic rings. The number of esters is 2. The van der Waals surface area contributed by atoms with Gasteiger partial charge in [0, 0.05) is 16.7 Å². The summed E-state index contributed by atoms with van der Waals surface area (Å²) in [5.41, 5.74) is 1.61. The molecule has 6 nitrogen and oxygen atoms in total. The predicted octanol–water partition coefficient (Wildman–Crippen LogP) is 8.52. The minimum Gasteiger partial charge on any atom is -0.493 e. The largest absolute Gasteiger partial charge is 0.493 e. The highest BCUT2D eigenvalue weighted by Gasteiger charge is 2.30. The van der Waals surface area contributed by atoms with Crippen molar-refractivity contribution in [2.24, 2.45) is 10.8 Å². The fourth-order valence-corrected chi connectivity index (χ4v) is 3.72. The lowest BCUT2D eigenvalue weighted by molar-refractivity contribution is -0.143. The highest BCUT2D eigenvalue weighted by molar-refractivity contribution is 6.07. The van der Waals surface area contributed by atoms with Crippen LogP contribution in [0, 0.1) is 10.8 Å². The summed E-state index contributed by atoms with van der Waals surface area (Å²) in [6, 6.07) is 8.46. The molecule has 0 saturated carbocycles. The van der Waals surface area contributed by atoms with Gasteiger partial charge in [-0.2, -0.15) is 0 Å². The lowest BCUT2D eigenvalue weighted by Gasteiger charge is -2.26. The van der Waals surface area contributed by atoms with Crippen LogP contribution in [0.5, 0.6) is 17.2 Å². The normalized spacial score (nSPS) is 12.2. The van der Waals surface area contributed by atoms with Gasteiger partial charge in [0.05, 0.1) is 17.4 Å². The van der Waals surface area contributed by atoms with E-state index in [2.05, 4.69) is 0 Å². The minimum atomic E-state index is -0.668. The summed E-state index contributed by atoms with van der Waals surface area (Å²) in [7, 11) is 0. The molecule has 2 aromatic carbocycles. The Morgan fingerprint density at radius 1 is 0.800 bits per heavy atom. The number of ketones is 1. The van der Waals surface area contributed by atoms with Gasteiger partial charge >= 0.3 is 11.9 Å². The number of hydrogen-bond donors (Lipinski definition) is 0. The third kappa shape index (κ3) is 8.54. The number of hydrogen-bond acceptors (Lipinski definition) is 6. The van der Waals surface area contributed by atoms with Gasteiger partial charge in [-0.1, -0.05) is 34.6 Å². The van der Waals surface area contributed by atoms with Crippen LogP contribution in [0.1, 0.15) is 121 Å². The summed E-state index contributed by atoms with van der Waals surface area (Å²) < 4.78 is 17.7. The summed E-state index contributed by atoms with van der Waals surface area (Å²) in [4.78, 5) is 38.2. The second kappa shape index (κ2) is 13.3. The zero-order chi connectivity index (χ0) is 30.4. The van der Waals surface area contributed by atoms with Crippen LogP contribution in [0.25, 0.3) is 6.08 Å². The Kier molecular flexibility index (Phi) is 10.9. The Morgan fingerprint density at radius 3 is 1.82 bits per heavy atom. The smallest absolute Gasteiger partial charge is 0.316 e. The lowest BCUT2D eigenvalue weighted by Crippen LogP contribution is -2.27. The van der Waals surface area contributed by atoms with Crippen LogP contribution in [0.4, 0.5) is 0 Å². The van der Waals surface area contributed by atoms with Crippen LogP contribution in [-0.2, 0) is 9.59 Å². The van der Waals surface area contributed by atoms with Crippen LogP contribution in [0.3, 0.4) is 0 Å². The Bertz CT molecular complexity index is 1240. The van der Waals surface area contributed by atoms with Crippen molar-refractivity contribution < 1.29 is 28.6 Å². The molecule has 0 amide bonds. The van der Waals surface area contributed by atoms with Gasteiger partial charge < -0.3 is 14.2 Å². The first kappa shape index (κ1) is 32.8. The standard InChI is InChI=1S/C34H46O6/c1-12-19-38-29-24(15-18-27(35)23-13-16-25(17-14-23)39-31(36)33(6,7)8)20-26(21(2)3)30(28(29)22(4)5)40-32(37)34(9,10)11/h13-18,20-22H,12,19H2,1-11H3/b18-15+. The maximum Gasteiger partial charge on any atom is 0.316 e. The Morgan fingerprint density at radius 2 is 1.35 bits per heavy atom. The molecule has 2 rings (SSSR count). The van der Waals surface area contributed by atoms with Crippen molar-refractivity contribution >= 4 is 23.8 Å². The van der Waals surface area contributed by atoms with Gasteiger partial charge in [-0.25, -0.2) is 0 Å². The first-order valence-electron chi connectivity index (χ1n) is 14.1. The van der Waals surface area contributed by atoms with E-state index in [1.54, 1.807) is 51.1 Å². The predicted molar refractivity (Wildman–Crippen MR) is 160 cm³/mol. The van der Waals surface area contributed by atoms with Gasteiger partial charge in [0.25, 0.3) is 0 Å². The van der Waals surface area contributed by atoms with E-state index in [9.17, 15) is 14.4 Å². The van der Waals surface area contributed by atoms with Gasteiger partial charge in [-0.3, -0.25) is 14.4 Å². The van der Waals surface area contributed by atoms with E-state index in [0.717, 1.165) is 23.1 Å². The minimum absolute atomic E-state index is 0.000436. The number of carbonyl (C=O) groups excluding carboxylic acids is 3. The SMILES string of the molecule is CCCOc1c(/C=C/C(=O)c2ccc(OC(=O)C(C)(C)C)cc2)cc(C(C)C)c(OC(=O)C(C)(C)C)c1C(C)C. The fourth-order valence-electron chi connectivity index (χ4n) is 3.72. The van der Waals surface area contributed by atoms with Gasteiger partial charge in [-0.15, -0.1) is 0 Å². The molecule has 40 heavy (non-hydrogen) atoms. The molecule has 0 aromatic heterocycles. The molecule has 0 aliphatic rings. The molecule has 0 unspecified atom stereocenters. The number of benzene rings is 2. The van der Waals surface area contributed by atoms with Gasteiger partial charge in [0.1, 0.15) is 17.2 Å². The molecule has 0 aliphatic carbocycles. The second-order valence-electron chi connectivity index (χ2n) is 12.8. The zero-order valence-corrected chi connectivity index (χ0v) is 26.1. The molecule has 0 atom stereocenters. The van der Waals surface area contributed by atoms with E-state index in [1.807, 2.05) is 61.5 Å².